The zero-order valence-corrected chi connectivity index (χ0v) is 12.8. The number of rotatable bonds is 7. The third-order valence-electron chi connectivity index (χ3n) is 3.17. The van der Waals surface area contributed by atoms with Gasteiger partial charge >= 0.3 is 0 Å². The zero-order chi connectivity index (χ0) is 14.2. The first kappa shape index (κ1) is 14.9. The van der Waals surface area contributed by atoms with E-state index in [2.05, 4.69) is 48.6 Å². The average Bonchev–Trinajstić information content (AvgIpc) is 2.52. The second kappa shape index (κ2) is 7.98. The first-order valence-corrected chi connectivity index (χ1v) is 7.84. The number of ether oxygens (including phenoxy) is 1. The molecule has 0 fully saturated rings. The van der Waals surface area contributed by atoms with E-state index in [4.69, 9.17) is 4.74 Å². The molecule has 1 N–H and O–H groups in total. The lowest BCUT2D eigenvalue weighted by Gasteiger charge is -2.17. The summed E-state index contributed by atoms with van der Waals surface area (Å²) < 4.78 is 5.40. The van der Waals surface area contributed by atoms with E-state index in [1.807, 2.05) is 30.0 Å². The minimum Gasteiger partial charge on any atom is -0.496 e. The summed E-state index contributed by atoms with van der Waals surface area (Å²) in [6, 6.07) is 19.0. The molecule has 1 unspecified atom stereocenters. The van der Waals surface area contributed by atoms with E-state index in [1.54, 1.807) is 7.11 Å². The van der Waals surface area contributed by atoms with Gasteiger partial charge in [-0.1, -0.05) is 36.4 Å². The number of nitrogens with one attached hydrogen (secondary N) is 1. The van der Waals surface area contributed by atoms with E-state index in [0.717, 1.165) is 18.0 Å². The summed E-state index contributed by atoms with van der Waals surface area (Å²) in [5.41, 5.74) is 1.21. The monoisotopic (exact) mass is 287 g/mol. The SMILES string of the molecule is COc1ccccc1C(C)NCCSc1ccccc1. The highest BCUT2D eigenvalue weighted by atomic mass is 32.2. The summed E-state index contributed by atoms with van der Waals surface area (Å²) in [7, 11) is 1.72. The molecule has 0 saturated heterocycles. The lowest BCUT2D eigenvalue weighted by molar-refractivity contribution is 0.402. The highest BCUT2D eigenvalue weighted by molar-refractivity contribution is 7.99. The van der Waals surface area contributed by atoms with Crippen molar-refractivity contribution in [2.75, 3.05) is 19.4 Å². The molecule has 0 aliphatic rings. The smallest absolute Gasteiger partial charge is 0.123 e. The van der Waals surface area contributed by atoms with Gasteiger partial charge in [-0.05, 0) is 25.1 Å². The Balaban J connectivity index is 1.79. The Bertz CT molecular complexity index is 515. The lowest BCUT2D eigenvalue weighted by atomic mass is 10.1. The van der Waals surface area contributed by atoms with E-state index in [9.17, 15) is 0 Å². The molecule has 0 saturated carbocycles. The summed E-state index contributed by atoms with van der Waals surface area (Å²) >= 11 is 1.87. The fourth-order valence-corrected chi connectivity index (χ4v) is 2.90. The maximum absolute atomic E-state index is 5.40. The van der Waals surface area contributed by atoms with Crippen molar-refractivity contribution >= 4 is 11.8 Å². The van der Waals surface area contributed by atoms with Crippen LogP contribution in [0.25, 0.3) is 0 Å². The van der Waals surface area contributed by atoms with Crippen molar-refractivity contribution in [3.8, 4) is 5.75 Å². The molecule has 0 spiro atoms. The third kappa shape index (κ3) is 4.29. The van der Waals surface area contributed by atoms with E-state index in [0.29, 0.717) is 6.04 Å². The van der Waals surface area contributed by atoms with Gasteiger partial charge in [-0.2, -0.15) is 0 Å². The van der Waals surface area contributed by atoms with E-state index in [1.165, 1.54) is 10.5 Å². The van der Waals surface area contributed by atoms with Gasteiger partial charge < -0.3 is 10.1 Å². The highest BCUT2D eigenvalue weighted by Crippen LogP contribution is 2.24. The Morgan fingerprint density at radius 2 is 1.75 bits per heavy atom. The zero-order valence-electron chi connectivity index (χ0n) is 12.0. The third-order valence-corrected chi connectivity index (χ3v) is 4.18. The summed E-state index contributed by atoms with van der Waals surface area (Å²) in [5.74, 6) is 2.01. The Morgan fingerprint density at radius 1 is 1.05 bits per heavy atom. The molecule has 2 nitrogen and oxygen atoms in total. The largest absolute Gasteiger partial charge is 0.496 e. The molecule has 2 aromatic rings. The maximum atomic E-state index is 5.40. The Kier molecular flexibility index (Phi) is 5.96. The van der Waals surface area contributed by atoms with Crippen molar-refractivity contribution in [2.24, 2.45) is 0 Å². The van der Waals surface area contributed by atoms with Gasteiger partial charge in [0, 0.05) is 28.8 Å². The predicted octanol–water partition coefficient (Wildman–Crippen LogP) is 4.14. The van der Waals surface area contributed by atoms with Crippen LogP contribution < -0.4 is 10.1 Å². The van der Waals surface area contributed by atoms with Crippen molar-refractivity contribution in [3.63, 3.8) is 0 Å². The molecular formula is C17H21NOS. The molecule has 0 heterocycles. The Hall–Kier alpha value is -1.45. The number of para-hydroxylation sites is 1. The Labute approximate surface area is 125 Å². The van der Waals surface area contributed by atoms with E-state index >= 15 is 0 Å². The number of benzene rings is 2. The fourth-order valence-electron chi connectivity index (χ4n) is 2.10. The fraction of sp³-hybridized carbons (Fsp3) is 0.294. The van der Waals surface area contributed by atoms with Crippen LogP contribution in [0.1, 0.15) is 18.5 Å². The quantitative estimate of drug-likeness (QED) is 0.611. The first-order chi connectivity index (χ1) is 9.81. The van der Waals surface area contributed by atoms with E-state index in [-0.39, 0.29) is 0 Å². The van der Waals surface area contributed by atoms with Gasteiger partial charge in [0.2, 0.25) is 0 Å². The minimum atomic E-state index is 0.294. The number of hydrogen-bond acceptors (Lipinski definition) is 3. The van der Waals surface area contributed by atoms with Gasteiger partial charge in [-0.15, -0.1) is 11.8 Å². The van der Waals surface area contributed by atoms with Crippen LogP contribution in [0, 0.1) is 0 Å². The van der Waals surface area contributed by atoms with Gasteiger partial charge in [0.25, 0.3) is 0 Å². The topological polar surface area (TPSA) is 21.3 Å². The van der Waals surface area contributed by atoms with Crippen molar-refractivity contribution in [1.29, 1.82) is 0 Å². The van der Waals surface area contributed by atoms with Gasteiger partial charge in [-0.25, -0.2) is 0 Å². The second-order valence-corrected chi connectivity index (χ2v) is 5.75. The molecule has 106 valence electrons. The van der Waals surface area contributed by atoms with Crippen molar-refractivity contribution < 1.29 is 4.74 Å². The molecule has 0 amide bonds. The van der Waals surface area contributed by atoms with E-state index < -0.39 is 0 Å². The van der Waals surface area contributed by atoms with Crippen LogP contribution in [-0.2, 0) is 0 Å². The van der Waals surface area contributed by atoms with Crippen LogP contribution in [0.3, 0.4) is 0 Å². The molecule has 2 rings (SSSR count). The molecule has 3 heteroatoms. The van der Waals surface area contributed by atoms with Crippen molar-refractivity contribution in [2.45, 2.75) is 17.9 Å². The minimum absolute atomic E-state index is 0.294. The molecule has 20 heavy (non-hydrogen) atoms. The molecule has 0 radical (unpaired) electrons. The standard InChI is InChI=1S/C17H21NOS/c1-14(16-10-6-7-11-17(16)19-2)18-12-13-20-15-8-4-3-5-9-15/h3-11,14,18H,12-13H2,1-2H3. The van der Waals surface area contributed by atoms with Crippen molar-refractivity contribution in [3.05, 3.63) is 60.2 Å². The summed E-state index contributed by atoms with van der Waals surface area (Å²) in [4.78, 5) is 1.32. The molecule has 0 aliphatic heterocycles. The molecule has 2 aromatic carbocycles. The normalized spacial score (nSPS) is 12.1. The van der Waals surface area contributed by atoms with Crippen LogP contribution in [0.4, 0.5) is 0 Å². The molecule has 0 aliphatic carbocycles. The van der Waals surface area contributed by atoms with Gasteiger partial charge in [0.05, 0.1) is 7.11 Å². The lowest BCUT2D eigenvalue weighted by Crippen LogP contribution is -2.21. The number of methoxy groups -OCH3 is 1. The van der Waals surface area contributed by atoms with Crippen LogP contribution in [0.2, 0.25) is 0 Å². The van der Waals surface area contributed by atoms with Crippen molar-refractivity contribution in [1.82, 2.24) is 5.32 Å². The van der Waals surface area contributed by atoms with Crippen LogP contribution in [-0.4, -0.2) is 19.4 Å². The molecular weight excluding hydrogens is 266 g/mol. The average molecular weight is 287 g/mol. The van der Waals surface area contributed by atoms with Gasteiger partial charge in [-0.3, -0.25) is 0 Å². The molecule has 0 aromatic heterocycles. The highest BCUT2D eigenvalue weighted by Gasteiger charge is 2.09. The van der Waals surface area contributed by atoms with Crippen LogP contribution in [0.5, 0.6) is 5.75 Å². The van der Waals surface area contributed by atoms with Gasteiger partial charge in [0.1, 0.15) is 5.75 Å². The number of thioether (sulfide) groups is 1. The molecule has 0 bridgehead atoms. The molecule has 1 atom stereocenters. The predicted molar refractivity (Wildman–Crippen MR) is 86.6 cm³/mol. The number of hydrogen-bond donors (Lipinski definition) is 1. The van der Waals surface area contributed by atoms with Gasteiger partial charge in [0.15, 0.2) is 0 Å². The summed E-state index contributed by atoms with van der Waals surface area (Å²) in [5, 5.41) is 3.54. The first-order valence-electron chi connectivity index (χ1n) is 6.85. The van der Waals surface area contributed by atoms with Crippen LogP contribution in [0.15, 0.2) is 59.5 Å². The summed E-state index contributed by atoms with van der Waals surface area (Å²) in [6.45, 7) is 3.14. The summed E-state index contributed by atoms with van der Waals surface area (Å²) in [6.07, 6.45) is 0. The van der Waals surface area contributed by atoms with Crippen LogP contribution >= 0.6 is 11.8 Å². The maximum Gasteiger partial charge on any atom is 0.123 e. The Morgan fingerprint density at radius 3 is 2.50 bits per heavy atom. The second-order valence-electron chi connectivity index (χ2n) is 4.58.